The maximum absolute atomic E-state index is 4.02. The van der Waals surface area contributed by atoms with Crippen molar-refractivity contribution in [3.63, 3.8) is 0 Å². The van der Waals surface area contributed by atoms with E-state index in [1.807, 2.05) is 6.07 Å². The van der Waals surface area contributed by atoms with Crippen molar-refractivity contribution in [3.05, 3.63) is 42.6 Å². The summed E-state index contributed by atoms with van der Waals surface area (Å²) in [7, 11) is 0. The zero-order valence-corrected chi connectivity index (χ0v) is 10.1. The largest absolute Gasteiger partial charge is 0.197 e. The Hall–Kier alpha value is -1.71. The smallest absolute Gasteiger partial charge is 0.156 e. The third-order valence-electron chi connectivity index (χ3n) is 2.72. The molecule has 17 heavy (non-hydrogen) atoms. The van der Waals surface area contributed by atoms with Gasteiger partial charge < -0.3 is 0 Å². The van der Waals surface area contributed by atoms with Gasteiger partial charge in [0.15, 0.2) is 5.82 Å². The molecule has 0 spiro atoms. The molecule has 0 bridgehead atoms. The lowest BCUT2D eigenvalue weighted by molar-refractivity contribution is 0.763. The molecule has 0 saturated carbocycles. The van der Waals surface area contributed by atoms with E-state index in [0.717, 1.165) is 37.2 Å². The minimum absolute atomic E-state index is 0.829. The number of hydrogen-bond acceptors (Lipinski definition) is 3. The number of rotatable bonds is 5. The molecule has 0 aliphatic rings. The van der Waals surface area contributed by atoms with E-state index in [1.54, 1.807) is 4.68 Å². The van der Waals surface area contributed by atoms with E-state index in [0.29, 0.717) is 0 Å². The first-order valence-corrected chi connectivity index (χ1v) is 6.01. The van der Waals surface area contributed by atoms with Gasteiger partial charge >= 0.3 is 0 Å². The van der Waals surface area contributed by atoms with Crippen LogP contribution in [0.3, 0.4) is 0 Å². The van der Waals surface area contributed by atoms with Crippen LogP contribution in [0.15, 0.2) is 24.3 Å². The summed E-state index contributed by atoms with van der Waals surface area (Å²) in [5.74, 6) is 0.888. The molecule has 0 atom stereocenters. The van der Waals surface area contributed by atoms with E-state index in [4.69, 9.17) is 0 Å². The van der Waals surface area contributed by atoms with Crippen molar-refractivity contribution in [1.29, 1.82) is 0 Å². The van der Waals surface area contributed by atoms with Gasteiger partial charge in [0.2, 0.25) is 0 Å². The molecule has 1 heterocycles. The average Bonchev–Trinajstić information content (AvgIpc) is 2.85. The second-order valence-electron chi connectivity index (χ2n) is 3.99. The molecule has 1 aromatic carbocycles. The first kappa shape index (κ1) is 11.8. The van der Waals surface area contributed by atoms with Gasteiger partial charge in [0.1, 0.15) is 0 Å². The van der Waals surface area contributed by atoms with Gasteiger partial charge in [-0.25, -0.2) is 0 Å². The fourth-order valence-corrected chi connectivity index (χ4v) is 1.80. The van der Waals surface area contributed by atoms with Crippen LogP contribution in [0.5, 0.6) is 0 Å². The molecule has 89 valence electrons. The van der Waals surface area contributed by atoms with E-state index < -0.39 is 0 Å². The molecule has 0 amide bonds. The highest BCUT2D eigenvalue weighted by molar-refractivity contribution is 5.35. The van der Waals surface area contributed by atoms with E-state index in [1.165, 1.54) is 5.56 Å². The second kappa shape index (κ2) is 5.57. The molecular weight excluding hydrogens is 212 g/mol. The van der Waals surface area contributed by atoms with E-state index in [9.17, 15) is 0 Å². The second-order valence-corrected chi connectivity index (χ2v) is 3.99. The van der Waals surface area contributed by atoms with Crippen LogP contribution in [0.2, 0.25) is 0 Å². The monoisotopic (exact) mass is 229 g/mol. The molecule has 0 unspecified atom stereocenters. The SMILES string of the molecule is [CH2]CCCc1cccc(-n2nnnc2CC)c1. The van der Waals surface area contributed by atoms with Crippen LogP contribution in [0, 0.1) is 6.92 Å². The minimum Gasteiger partial charge on any atom is -0.197 e. The number of unbranched alkanes of at least 4 members (excludes halogenated alkanes) is 1. The lowest BCUT2D eigenvalue weighted by Gasteiger charge is -2.05. The number of aryl methyl sites for hydroxylation is 2. The molecule has 0 N–H and O–H groups in total. The Labute approximate surface area is 102 Å². The van der Waals surface area contributed by atoms with E-state index in [-0.39, 0.29) is 0 Å². The quantitative estimate of drug-likeness (QED) is 0.790. The molecular formula is C13H17N4. The Bertz CT molecular complexity index is 476. The lowest BCUT2D eigenvalue weighted by atomic mass is 10.1. The standard InChI is InChI=1S/C13H17N4/c1-3-5-7-11-8-6-9-12(10-11)17-13(4-2)14-15-16-17/h6,8-10H,1,3-5,7H2,2H3. The number of hydrogen-bond donors (Lipinski definition) is 0. The number of nitrogens with zero attached hydrogens (tertiary/aromatic N) is 4. The maximum Gasteiger partial charge on any atom is 0.156 e. The highest BCUT2D eigenvalue weighted by Crippen LogP contribution is 2.13. The summed E-state index contributed by atoms with van der Waals surface area (Å²) >= 11 is 0. The average molecular weight is 229 g/mol. The van der Waals surface area contributed by atoms with Crippen LogP contribution in [0.4, 0.5) is 0 Å². The number of tetrazole rings is 1. The van der Waals surface area contributed by atoms with Crippen LogP contribution in [-0.4, -0.2) is 20.2 Å². The molecule has 0 saturated heterocycles. The van der Waals surface area contributed by atoms with Gasteiger partial charge in [0, 0.05) is 6.42 Å². The van der Waals surface area contributed by atoms with E-state index >= 15 is 0 Å². The van der Waals surface area contributed by atoms with Gasteiger partial charge in [-0.3, -0.25) is 0 Å². The Morgan fingerprint density at radius 2 is 2.24 bits per heavy atom. The Kier molecular flexibility index (Phi) is 3.85. The summed E-state index contributed by atoms with van der Waals surface area (Å²) < 4.78 is 1.80. The van der Waals surface area contributed by atoms with Crippen molar-refractivity contribution in [1.82, 2.24) is 20.2 Å². The van der Waals surface area contributed by atoms with Gasteiger partial charge in [0.25, 0.3) is 0 Å². The van der Waals surface area contributed by atoms with E-state index in [2.05, 4.69) is 47.6 Å². The summed E-state index contributed by atoms with van der Waals surface area (Å²) in [5, 5.41) is 11.7. The van der Waals surface area contributed by atoms with Crippen molar-refractivity contribution in [2.45, 2.75) is 32.6 Å². The highest BCUT2D eigenvalue weighted by atomic mass is 15.5. The third-order valence-corrected chi connectivity index (χ3v) is 2.72. The Morgan fingerprint density at radius 1 is 1.35 bits per heavy atom. The van der Waals surface area contributed by atoms with Crippen LogP contribution >= 0.6 is 0 Å². The highest BCUT2D eigenvalue weighted by Gasteiger charge is 2.06. The predicted molar refractivity (Wildman–Crippen MR) is 66.8 cm³/mol. The summed E-state index contributed by atoms with van der Waals surface area (Å²) in [6.07, 6.45) is 3.96. The lowest BCUT2D eigenvalue weighted by Crippen LogP contribution is -2.02. The molecule has 0 aliphatic heterocycles. The van der Waals surface area contributed by atoms with Gasteiger partial charge in [-0.2, -0.15) is 4.68 Å². The molecule has 1 radical (unpaired) electrons. The fraction of sp³-hybridized carbons (Fsp3) is 0.385. The van der Waals surface area contributed by atoms with Crippen molar-refractivity contribution >= 4 is 0 Å². The van der Waals surface area contributed by atoms with Crippen molar-refractivity contribution in [3.8, 4) is 5.69 Å². The van der Waals surface area contributed by atoms with Crippen molar-refractivity contribution in [2.24, 2.45) is 0 Å². The molecule has 2 rings (SSSR count). The summed E-state index contributed by atoms with van der Waals surface area (Å²) in [6, 6.07) is 8.36. The summed E-state index contributed by atoms with van der Waals surface area (Å²) in [6.45, 7) is 5.91. The molecule has 1 aromatic heterocycles. The van der Waals surface area contributed by atoms with Crippen molar-refractivity contribution in [2.75, 3.05) is 0 Å². The van der Waals surface area contributed by atoms with Gasteiger partial charge in [-0.05, 0) is 41.0 Å². The van der Waals surface area contributed by atoms with Gasteiger partial charge in [-0.1, -0.05) is 32.4 Å². The molecule has 0 fully saturated rings. The first-order chi connectivity index (χ1) is 8.35. The number of benzene rings is 1. The normalized spacial score (nSPS) is 10.7. The third kappa shape index (κ3) is 2.70. The Morgan fingerprint density at radius 3 is 3.00 bits per heavy atom. The number of aromatic nitrogens is 4. The first-order valence-electron chi connectivity index (χ1n) is 6.01. The predicted octanol–water partition coefficient (Wildman–Crippen LogP) is 2.38. The van der Waals surface area contributed by atoms with Crippen LogP contribution in [-0.2, 0) is 12.8 Å². The van der Waals surface area contributed by atoms with Crippen molar-refractivity contribution < 1.29 is 0 Å². The topological polar surface area (TPSA) is 43.6 Å². The summed E-state index contributed by atoms with van der Waals surface area (Å²) in [5.41, 5.74) is 2.34. The zero-order valence-electron chi connectivity index (χ0n) is 10.1. The molecule has 2 aromatic rings. The molecule has 0 aliphatic carbocycles. The van der Waals surface area contributed by atoms with Crippen LogP contribution in [0.1, 0.15) is 31.2 Å². The van der Waals surface area contributed by atoms with Crippen LogP contribution in [0.25, 0.3) is 5.69 Å². The van der Waals surface area contributed by atoms with Gasteiger partial charge in [0.05, 0.1) is 5.69 Å². The fourth-order valence-electron chi connectivity index (χ4n) is 1.80. The molecule has 4 heteroatoms. The summed E-state index contributed by atoms with van der Waals surface area (Å²) in [4.78, 5) is 0. The Balaban J connectivity index is 2.26. The minimum atomic E-state index is 0.829. The zero-order chi connectivity index (χ0) is 12.1. The maximum atomic E-state index is 4.02. The van der Waals surface area contributed by atoms with Gasteiger partial charge in [-0.15, -0.1) is 5.10 Å². The van der Waals surface area contributed by atoms with Crippen LogP contribution < -0.4 is 0 Å². The molecule has 4 nitrogen and oxygen atoms in total.